The standard InChI is InChI=1S/C11H16O5S/c1-6(2)11(12)15-9-7-3-4-8(5-7)10(9)16-17(13)14/h7-10H,1,3-5H2,2H3,(H,13,14)/p-1. The van der Waals surface area contributed by atoms with E-state index in [1.807, 2.05) is 0 Å². The highest BCUT2D eigenvalue weighted by molar-refractivity contribution is 7.74. The van der Waals surface area contributed by atoms with Crippen molar-refractivity contribution in [2.45, 2.75) is 38.4 Å². The number of hydrogen-bond acceptors (Lipinski definition) is 5. The Morgan fingerprint density at radius 1 is 1.35 bits per heavy atom. The second-order valence-corrected chi connectivity index (χ2v) is 5.35. The van der Waals surface area contributed by atoms with E-state index in [1.54, 1.807) is 6.92 Å². The van der Waals surface area contributed by atoms with E-state index >= 15 is 0 Å². The van der Waals surface area contributed by atoms with Crippen LogP contribution in [0.4, 0.5) is 0 Å². The van der Waals surface area contributed by atoms with E-state index in [1.165, 1.54) is 0 Å². The Hall–Kier alpha value is -0.720. The normalized spacial score (nSPS) is 36.8. The molecule has 0 spiro atoms. The van der Waals surface area contributed by atoms with Crippen molar-refractivity contribution >= 4 is 17.3 Å². The third kappa shape index (κ3) is 2.59. The Balaban J connectivity index is 2.05. The van der Waals surface area contributed by atoms with Gasteiger partial charge in [0.2, 0.25) is 0 Å². The Bertz CT molecular complexity index is 367. The molecule has 0 aromatic heterocycles. The van der Waals surface area contributed by atoms with Gasteiger partial charge in [-0.2, -0.15) is 0 Å². The molecule has 0 aromatic rings. The van der Waals surface area contributed by atoms with Gasteiger partial charge in [0.15, 0.2) is 0 Å². The van der Waals surface area contributed by atoms with Gasteiger partial charge < -0.3 is 9.29 Å². The van der Waals surface area contributed by atoms with E-state index < -0.39 is 29.5 Å². The third-order valence-corrected chi connectivity index (χ3v) is 3.93. The highest BCUT2D eigenvalue weighted by atomic mass is 32.2. The summed E-state index contributed by atoms with van der Waals surface area (Å²) in [5, 5.41) is 0. The SMILES string of the molecule is C=C(C)C(=O)OC1C2CCC(C2)C1OS(=O)[O-]. The topological polar surface area (TPSA) is 75.7 Å². The average molecular weight is 259 g/mol. The minimum Gasteiger partial charge on any atom is -0.750 e. The molecular weight excluding hydrogens is 244 g/mol. The van der Waals surface area contributed by atoms with Gasteiger partial charge in [0.05, 0.1) is 11.4 Å². The van der Waals surface area contributed by atoms with E-state index in [-0.39, 0.29) is 11.8 Å². The van der Waals surface area contributed by atoms with Gasteiger partial charge in [0.1, 0.15) is 12.2 Å². The van der Waals surface area contributed by atoms with Crippen LogP contribution in [0.3, 0.4) is 0 Å². The number of fused-ring (bicyclic) bond motifs is 2. The number of hydrogen-bond donors (Lipinski definition) is 0. The number of esters is 1. The number of rotatable bonds is 4. The summed E-state index contributed by atoms with van der Waals surface area (Å²) < 4.78 is 31.4. The monoisotopic (exact) mass is 259 g/mol. The van der Waals surface area contributed by atoms with Crippen LogP contribution in [0.15, 0.2) is 12.2 Å². The largest absolute Gasteiger partial charge is 0.750 e. The molecule has 2 saturated carbocycles. The summed E-state index contributed by atoms with van der Waals surface area (Å²) in [6, 6.07) is 0. The van der Waals surface area contributed by atoms with Gasteiger partial charge in [0, 0.05) is 5.57 Å². The predicted octanol–water partition coefficient (Wildman–Crippen LogP) is 1.08. The van der Waals surface area contributed by atoms with Crippen molar-refractivity contribution in [3.05, 3.63) is 12.2 Å². The quantitative estimate of drug-likeness (QED) is 0.429. The van der Waals surface area contributed by atoms with Gasteiger partial charge in [-0.1, -0.05) is 6.58 Å². The van der Waals surface area contributed by atoms with Crippen LogP contribution in [0.25, 0.3) is 0 Å². The molecule has 2 bridgehead atoms. The van der Waals surface area contributed by atoms with Crippen LogP contribution in [0.1, 0.15) is 26.2 Å². The maximum atomic E-state index is 11.5. The van der Waals surface area contributed by atoms with Crippen molar-refractivity contribution in [1.82, 2.24) is 0 Å². The number of carbonyl (C=O) groups excluding carboxylic acids is 1. The third-order valence-electron chi connectivity index (χ3n) is 3.55. The zero-order valence-electron chi connectivity index (χ0n) is 9.59. The second kappa shape index (κ2) is 4.88. The molecule has 5 atom stereocenters. The lowest BCUT2D eigenvalue weighted by Crippen LogP contribution is -2.39. The fourth-order valence-corrected chi connectivity index (χ4v) is 3.25. The van der Waals surface area contributed by atoms with E-state index in [2.05, 4.69) is 6.58 Å². The first-order chi connectivity index (χ1) is 7.99. The summed E-state index contributed by atoms with van der Waals surface area (Å²) in [6.45, 7) is 5.07. The summed E-state index contributed by atoms with van der Waals surface area (Å²) in [6.07, 6.45) is 1.81. The van der Waals surface area contributed by atoms with Crippen molar-refractivity contribution in [1.29, 1.82) is 0 Å². The number of ether oxygens (including phenoxy) is 1. The summed E-state index contributed by atoms with van der Waals surface area (Å²) in [5.41, 5.74) is 0.315. The molecule has 96 valence electrons. The molecule has 2 aliphatic carbocycles. The highest BCUT2D eigenvalue weighted by Gasteiger charge is 2.51. The molecule has 6 heteroatoms. The maximum Gasteiger partial charge on any atom is 0.333 e. The fourth-order valence-electron chi connectivity index (χ4n) is 2.80. The average Bonchev–Trinajstić information content (AvgIpc) is 2.80. The lowest BCUT2D eigenvalue weighted by Gasteiger charge is -2.30. The van der Waals surface area contributed by atoms with Gasteiger partial charge >= 0.3 is 5.97 Å². The van der Waals surface area contributed by atoms with Crippen LogP contribution in [0.5, 0.6) is 0 Å². The summed E-state index contributed by atoms with van der Waals surface area (Å²) in [4.78, 5) is 11.5. The van der Waals surface area contributed by atoms with Crippen molar-refractivity contribution < 1.29 is 22.5 Å². The first kappa shape index (κ1) is 12.7. The molecule has 0 amide bonds. The molecule has 0 heterocycles. The molecular formula is C11H15O5S-. The van der Waals surface area contributed by atoms with Crippen LogP contribution >= 0.6 is 0 Å². The Kier molecular flexibility index (Phi) is 3.65. The molecule has 5 nitrogen and oxygen atoms in total. The van der Waals surface area contributed by atoms with Crippen LogP contribution in [0, 0.1) is 11.8 Å². The van der Waals surface area contributed by atoms with Crippen molar-refractivity contribution in [2.75, 3.05) is 0 Å². The van der Waals surface area contributed by atoms with E-state index in [0.29, 0.717) is 5.57 Å². The maximum absolute atomic E-state index is 11.5. The van der Waals surface area contributed by atoms with Crippen LogP contribution in [-0.4, -0.2) is 26.9 Å². The molecule has 2 rings (SSSR count). The van der Waals surface area contributed by atoms with E-state index in [4.69, 9.17) is 8.92 Å². The molecule has 2 fully saturated rings. The van der Waals surface area contributed by atoms with Crippen molar-refractivity contribution in [3.8, 4) is 0 Å². The van der Waals surface area contributed by atoms with Crippen LogP contribution in [-0.2, 0) is 25.1 Å². The zero-order chi connectivity index (χ0) is 12.6. The van der Waals surface area contributed by atoms with Gasteiger partial charge in [-0.25, -0.2) is 9.00 Å². The van der Waals surface area contributed by atoms with Gasteiger partial charge in [0.25, 0.3) is 0 Å². The summed E-state index contributed by atoms with van der Waals surface area (Å²) in [5.74, 6) is -0.0782. The smallest absolute Gasteiger partial charge is 0.333 e. The molecule has 0 saturated heterocycles. The molecule has 2 aliphatic rings. The van der Waals surface area contributed by atoms with Crippen molar-refractivity contribution in [3.63, 3.8) is 0 Å². The molecule has 0 aliphatic heterocycles. The second-order valence-electron chi connectivity index (χ2n) is 4.75. The molecule has 0 radical (unpaired) electrons. The minimum atomic E-state index is -2.57. The fraction of sp³-hybridized carbons (Fsp3) is 0.727. The lowest BCUT2D eigenvalue weighted by molar-refractivity contribution is -0.152. The first-order valence-corrected chi connectivity index (χ1v) is 6.62. The zero-order valence-corrected chi connectivity index (χ0v) is 10.4. The van der Waals surface area contributed by atoms with Gasteiger partial charge in [-0.3, -0.25) is 4.18 Å². The molecule has 0 aromatic carbocycles. The minimum absolute atomic E-state index is 0.181. The summed E-state index contributed by atoms with van der Waals surface area (Å²) >= 11 is -2.57. The van der Waals surface area contributed by atoms with Crippen molar-refractivity contribution in [2.24, 2.45) is 11.8 Å². The van der Waals surface area contributed by atoms with Gasteiger partial charge in [-0.15, -0.1) is 0 Å². The Morgan fingerprint density at radius 3 is 2.47 bits per heavy atom. The highest BCUT2D eigenvalue weighted by Crippen LogP contribution is 2.47. The van der Waals surface area contributed by atoms with Crippen LogP contribution < -0.4 is 0 Å². The van der Waals surface area contributed by atoms with E-state index in [9.17, 15) is 13.6 Å². The molecule has 17 heavy (non-hydrogen) atoms. The molecule has 5 unspecified atom stereocenters. The number of carbonyl (C=O) groups is 1. The van der Waals surface area contributed by atoms with Gasteiger partial charge in [-0.05, 0) is 38.0 Å². The lowest BCUT2D eigenvalue weighted by atomic mass is 9.95. The first-order valence-electron chi connectivity index (χ1n) is 5.62. The molecule has 0 N–H and O–H groups in total. The predicted molar refractivity (Wildman–Crippen MR) is 59.3 cm³/mol. The Labute approximate surface area is 103 Å². The summed E-state index contributed by atoms with van der Waals surface area (Å²) in [7, 11) is 0. The Morgan fingerprint density at radius 2 is 1.94 bits per heavy atom. The van der Waals surface area contributed by atoms with E-state index in [0.717, 1.165) is 19.3 Å². The van der Waals surface area contributed by atoms with Crippen LogP contribution in [0.2, 0.25) is 0 Å².